The first-order valence-corrected chi connectivity index (χ1v) is 6.08. The average molecular weight is 246 g/mol. The Bertz CT molecular complexity index is 652. The van der Waals surface area contributed by atoms with Gasteiger partial charge in [-0.25, -0.2) is 4.79 Å². The van der Waals surface area contributed by atoms with Gasteiger partial charge in [0, 0.05) is 17.8 Å². The molecule has 2 N–H and O–H groups in total. The smallest absolute Gasteiger partial charge is 0.326 e. The minimum Gasteiger partial charge on any atom is -0.480 e. The van der Waals surface area contributed by atoms with Crippen LogP contribution < -0.4 is 5.56 Å². The van der Waals surface area contributed by atoms with Gasteiger partial charge in [0.05, 0.1) is 0 Å². The van der Waals surface area contributed by atoms with Crippen molar-refractivity contribution in [3.63, 3.8) is 0 Å². The molecule has 1 aliphatic rings. The van der Waals surface area contributed by atoms with Gasteiger partial charge in [0.2, 0.25) is 0 Å². The lowest BCUT2D eigenvalue weighted by Gasteiger charge is -2.15. The van der Waals surface area contributed by atoms with E-state index in [4.69, 9.17) is 0 Å². The molecule has 0 unspecified atom stereocenters. The van der Waals surface area contributed by atoms with Crippen LogP contribution in [0.1, 0.15) is 25.3 Å². The Morgan fingerprint density at radius 1 is 1.50 bits per heavy atom. The first-order chi connectivity index (χ1) is 8.66. The van der Waals surface area contributed by atoms with E-state index in [-0.39, 0.29) is 5.56 Å². The van der Waals surface area contributed by atoms with E-state index in [0.29, 0.717) is 17.9 Å². The Balaban J connectivity index is 2.07. The van der Waals surface area contributed by atoms with E-state index >= 15 is 0 Å². The van der Waals surface area contributed by atoms with Crippen LogP contribution in [0, 0.1) is 5.92 Å². The summed E-state index contributed by atoms with van der Waals surface area (Å²) < 4.78 is 1.33. The number of nitrogens with one attached hydrogen (secondary N) is 1. The predicted molar refractivity (Wildman–Crippen MR) is 66.6 cm³/mol. The standard InChI is InChI=1S/C13H14N2O3/c16-12-11-9(3-5-14-11)4-6-15(12)10(13(17)18)7-8-1-2-8/h3-6,8,10,14H,1-2,7H2,(H,17,18)/t10-/m0/s1. The number of aliphatic carboxylic acids is 1. The average Bonchev–Trinajstić information content (AvgIpc) is 3.02. The van der Waals surface area contributed by atoms with Crippen molar-refractivity contribution in [2.45, 2.75) is 25.3 Å². The molecule has 0 bridgehead atoms. The molecule has 1 aliphatic carbocycles. The van der Waals surface area contributed by atoms with E-state index in [1.807, 2.05) is 0 Å². The van der Waals surface area contributed by atoms with E-state index in [0.717, 1.165) is 18.2 Å². The Labute approximate surface area is 103 Å². The number of fused-ring (bicyclic) bond motifs is 1. The molecule has 1 fully saturated rings. The lowest BCUT2D eigenvalue weighted by molar-refractivity contribution is -0.141. The van der Waals surface area contributed by atoms with E-state index in [2.05, 4.69) is 4.98 Å². The number of pyridine rings is 1. The first-order valence-electron chi connectivity index (χ1n) is 6.08. The van der Waals surface area contributed by atoms with Crippen LogP contribution in [-0.4, -0.2) is 20.6 Å². The normalized spacial score (nSPS) is 16.9. The van der Waals surface area contributed by atoms with Crippen LogP contribution in [-0.2, 0) is 4.79 Å². The summed E-state index contributed by atoms with van der Waals surface area (Å²) in [6.07, 6.45) is 5.96. The van der Waals surface area contributed by atoms with Crippen LogP contribution in [0.4, 0.5) is 0 Å². The summed E-state index contributed by atoms with van der Waals surface area (Å²) in [4.78, 5) is 26.4. The van der Waals surface area contributed by atoms with Crippen molar-refractivity contribution < 1.29 is 9.90 Å². The summed E-state index contributed by atoms with van der Waals surface area (Å²) in [6.45, 7) is 0. The molecule has 18 heavy (non-hydrogen) atoms. The third-order valence-corrected chi connectivity index (χ3v) is 3.52. The molecule has 0 spiro atoms. The second kappa shape index (κ2) is 4.01. The monoisotopic (exact) mass is 246 g/mol. The van der Waals surface area contributed by atoms with Gasteiger partial charge < -0.3 is 10.1 Å². The maximum absolute atomic E-state index is 12.2. The number of aromatic amines is 1. The first kappa shape index (κ1) is 11.1. The molecule has 3 rings (SSSR count). The van der Waals surface area contributed by atoms with Gasteiger partial charge in [-0.15, -0.1) is 0 Å². The number of hydrogen-bond acceptors (Lipinski definition) is 2. The Hall–Kier alpha value is -2.04. The topological polar surface area (TPSA) is 75.1 Å². The number of nitrogens with zero attached hydrogens (tertiary/aromatic N) is 1. The third-order valence-electron chi connectivity index (χ3n) is 3.52. The fourth-order valence-electron chi connectivity index (χ4n) is 2.31. The van der Waals surface area contributed by atoms with Gasteiger partial charge >= 0.3 is 5.97 Å². The van der Waals surface area contributed by atoms with Crippen LogP contribution >= 0.6 is 0 Å². The number of carbonyl (C=O) groups is 1. The van der Waals surface area contributed by atoms with E-state index in [1.165, 1.54) is 4.57 Å². The van der Waals surface area contributed by atoms with Crippen molar-refractivity contribution in [3.05, 3.63) is 34.9 Å². The molecule has 0 saturated heterocycles. The summed E-state index contributed by atoms with van der Waals surface area (Å²) in [5.74, 6) is -0.479. The van der Waals surface area contributed by atoms with Crippen molar-refractivity contribution in [2.75, 3.05) is 0 Å². The highest BCUT2D eigenvalue weighted by Crippen LogP contribution is 2.36. The number of hydrogen-bond donors (Lipinski definition) is 2. The number of rotatable bonds is 4. The van der Waals surface area contributed by atoms with Gasteiger partial charge in [0.15, 0.2) is 0 Å². The number of aromatic nitrogens is 2. The summed E-state index contributed by atoms with van der Waals surface area (Å²) in [7, 11) is 0. The largest absolute Gasteiger partial charge is 0.480 e. The highest BCUT2D eigenvalue weighted by atomic mass is 16.4. The minimum absolute atomic E-state index is 0.259. The lowest BCUT2D eigenvalue weighted by atomic mass is 10.1. The predicted octanol–water partition coefficient (Wildman–Crippen LogP) is 1.76. The molecule has 0 aromatic carbocycles. The van der Waals surface area contributed by atoms with Crippen LogP contribution in [0.2, 0.25) is 0 Å². The zero-order valence-corrected chi connectivity index (χ0v) is 9.80. The Morgan fingerprint density at radius 2 is 2.28 bits per heavy atom. The molecule has 5 nitrogen and oxygen atoms in total. The molecule has 1 atom stereocenters. The van der Waals surface area contributed by atoms with Crippen LogP contribution in [0.25, 0.3) is 10.9 Å². The second-order valence-corrected chi connectivity index (χ2v) is 4.87. The van der Waals surface area contributed by atoms with Crippen LogP contribution in [0.5, 0.6) is 0 Å². The zero-order chi connectivity index (χ0) is 12.7. The number of carboxylic acids is 1. The number of carboxylic acid groups (broad SMARTS) is 1. The highest BCUT2D eigenvalue weighted by molar-refractivity contribution is 5.79. The van der Waals surface area contributed by atoms with Gasteiger partial charge in [0.1, 0.15) is 11.6 Å². The molecule has 2 heterocycles. The highest BCUT2D eigenvalue weighted by Gasteiger charge is 2.31. The van der Waals surface area contributed by atoms with Crippen molar-refractivity contribution in [2.24, 2.45) is 5.92 Å². The van der Waals surface area contributed by atoms with Crippen molar-refractivity contribution in [1.82, 2.24) is 9.55 Å². The zero-order valence-electron chi connectivity index (χ0n) is 9.80. The molecule has 1 saturated carbocycles. The molecule has 5 heteroatoms. The molecule has 0 amide bonds. The quantitative estimate of drug-likeness (QED) is 0.863. The SMILES string of the molecule is O=C(O)[C@H](CC1CC1)n1ccc2cc[nH]c2c1=O. The summed E-state index contributed by atoms with van der Waals surface area (Å²) >= 11 is 0. The Kier molecular flexibility index (Phi) is 2.47. The maximum Gasteiger partial charge on any atom is 0.326 e. The molecule has 94 valence electrons. The van der Waals surface area contributed by atoms with Gasteiger partial charge in [-0.2, -0.15) is 0 Å². The van der Waals surface area contributed by atoms with Crippen molar-refractivity contribution in [3.8, 4) is 0 Å². The Morgan fingerprint density at radius 3 is 2.94 bits per heavy atom. The second-order valence-electron chi connectivity index (χ2n) is 4.87. The molecular formula is C13H14N2O3. The maximum atomic E-state index is 12.2. The lowest BCUT2D eigenvalue weighted by Crippen LogP contribution is -2.30. The molecule has 2 aromatic rings. The van der Waals surface area contributed by atoms with Gasteiger partial charge in [-0.1, -0.05) is 12.8 Å². The minimum atomic E-state index is -0.935. The van der Waals surface area contributed by atoms with E-state index < -0.39 is 12.0 Å². The summed E-state index contributed by atoms with van der Waals surface area (Å²) in [6, 6.07) is 2.83. The van der Waals surface area contributed by atoms with Gasteiger partial charge in [0.25, 0.3) is 5.56 Å². The number of H-pyrrole nitrogens is 1. The van der Waals surface area contributed by atoms with Crippen LogP contribution in [0.3, 0.4) is 0 Å². The van der Waals surface area contributed by atoms with Crippen molar-refractivity contribution in [1.29, 1.82) is 0 Å². The molecule has 2 aromatic heterocycles. The fourth-order valence-corrected chi connectivity index (χ4v) is 2.31. The summed E-state index contributed by atoms with van der Waals surface area (Å²) in [5.41, 5.74) is 0.213. The third kappa shape index (κ3) is 1.81. The van der Waals surface area contributed by atoms with Crippen molar-refractivity contribution >= 4 is 16.9 Å². The summed E-state index contributed by atoms with van der Waals surface area (Å²) in [5, 5.41) is 10.1. The van der Waals surface area contributed by atoms with E-state index in [9.17, 15) is 14.7 Å². The molecule has 0 radical (unpaired) electrons. The van der Waals surface area contributed by atoms with E-state index in [1.54, 1.807) is 24.5 Å². The fraction of sp³-hybridized carbons (Fsp3) is 0.385. The molecular weight excluding hydrogens is 232 g/mol. The van der Waals surface area contributed by atoms with Gasteiger partial charge in [-0.3, -0.25) is 9.36 Å². The van der Waals surface area contributed by atoms with Crippen LogP contribution in [0.15, 0.2) is 29.3 Å². The molecule has 0 aliphatic heterocycles. The van der Waals surface area contributed by atoms with Gasteiger partial charge in [-0.05, 0) is 24.5 Å².